The van der Waals surface area contributed by atoms with Crippen LogP contribution in [0.1, 0.15) is 21.7 Å². The summed E-state index contributed by atoms with van der Waals surface area (Å²) in [5.74, 6) is 0.0342. The largest absolute Gasteiger partial charge is 0.331 e. The van der Waals surface area contributed by atoms with Gasteiger partial charge in [0.2, 0.25) is 0 Å². The van der Waals surface area contributed by atoms with Crippen LogP contribution in [0.5, 0.6) is 0 Å². The van der Waals surface area contributed by atoms with E-state index < -0.39 is 0 Å². The van der Waals surface area contributed by atoms with Crippen molar-refractivity contribution < 1.29 is 9.18 Å². The van der Waals surface area contributed by atoms with Gasteiger partial charge in [0, 0.05) is 12.2 Å². The van der Waals surface area contributed by atoms with Crippen molar-refractivity contribution in [3.05, 3.63) is 82.7 Å². The zero-order valence-corrected chi connectivity index (χ0v) is 14.9. The Morgan fingerprint density at radius 2 is 2.00 bits per heavy atom. The number of amides is 1. The van der Waals surface area contributed by atoms with Gasteiger partial charge in [0.1, 0.15) is 17.3 Å². The van der Waals surface area contributed by atoms with Gasteiger partial charge in [-0.3, -0.25) is 4.79 Å². The lowest BCUT2D eigenvalue weighted by Crippen LogP contribution is -2.18. The van der Waals surface area contributed by atoms with Crippen molar-refractivity contribution in [1.82, 2.24) is 9.55 Å². The fourth-order valence-electron chi connectivity index (χ4n) is 2.90. The van der Waals surface area contributed by atoms with E-state index in [0.717, 1.165) is 21.5 Å². The van der Waals surface area contributed by atoms with Crippen molar-refractivity contribution in [3.63, 3.8) is 0 Å². The molecule has 0 aliphatic rings. The number of halogens is 1. The summed E-state index contributed by atoms with van der Waals surface area (Å²) in [4.78, 5) is 17.2. The maximum absolute atomic E-state index is 13.2. The minimum atomic E-state index is -0.273. The number of fused-ring (bicyclic) bond motifs is 1. The van der Waals surface area contributed by atoms with E-state index in [4.69, 9.17) is 0 Å². The van der Waals surface area contributed by atoms with Gasteiger partial charge in [0.25, 0.3) is 5.91 Å². The standard InChI is InChI=1S/C20H16FN3OS/c1-13-3-2-4-19(22-13)23-20(25)17-11-18-16(9-10-26-18)24(17)12-14-5-7-15(21)8-6-14/h2-11H,12H2,1H3,(H,22,23,25). The Kier molecular flexibility index (Phi) is 4.26. The van der Waals surface area contributed by atoms with Crippen LogP contribution in [0.15, 0.2) is 60.0 Å². The molecule has 130 valence electrons. The number of aryl methyl sites for hydroxylation is 1. The maximum Gasteiger partial charge on any atom is 0.273 e. The van der Waals surface area contributed by atoms with Gasteiger partial charge in [-0.1, -0.05) is 18.2 Å². The quantitative estimate of drug-likeness (QED) is 0.562. The molecule has 3 aromatic heterocycles. The highest BCUT2D eigenvalue weighted by Gasteiger charge is 2.17. The minimum Gasteiger partial charge on any atom is -0.331 e. The van der Waals surface area contributed by atoms with Crippen LogP contribution >= 0.6 is 11.3 Å². The van der Waals surface area contributed by atoms with Gasteiger partial charge in [0.05, 0.1) is 10.2 Å². The van der Waals surface area contributed by atoms with E-state index in [1.165, 1.54) is 12.1 Å². The lowest BCUT2D eigenvalue weighted by Gasteiger charge is -2.11. The van der Waals surface area contributed by atoms with E-state index in [-0.39, 0.29) is 11.7 Å². The first-order valence-corrected chi connectivity index (χ1v) is 9.04. The Bertz CT molecular complexity index is 1080. The van der Waals surface area contributed by atoms with E-state index >= 15 is 0 Å². The Morgan fingerprint density at radius 3 is 2.77 bits per heavy atom. The number of carbonyl (C=O) groups is 1. The van der Waals surface area contributed by atoms with Crippen LogP contribution in [-0.2, 0) is 6.54 Å². The summed E-state index contributed by atoms with van der Waals surface area (Å²) in [5.41, 5.74) is 3.31. The lowest BCUT2D eigenvalue weighted by molar-refractivity contribution is 0.101. The predicted molar refractivity (Wildman–Crippen MR) is 102 cm³/mol. The Hall–Kier alpha value is -2.99. The molecule has 0 radical (unpaired) electrons. The third-order valence-corrected chi connectivity index (χ3v) is 4.99. The molecule has 0 saturated carbocycles. The molecule has 0 saturated heterocycles. The Morgan fingerprint density at radius 1 is 1.19 bits per heavy atom. The third kappa shape index (κ3) is 3.23. The maximum atomic E-state index is 13.2. The first-order chi connectivity index (χ1) is 12.6. The highest BCUT2D eigenvalue weighted by Crippen LogP contribution is 2.27. The first kappa shape index (κ1) is 16.5. The summed E-state index contributed by atoms with van der Waals surface area (Å²) >= 11 is 1.59. The lowest BCUT2D eigenvalue weighted by atomic mass is 10.2. The Balaban J connectivity index is 1.69. The van der Waals surface area contributed by atoms with Crippen LogP contribution < -0.4 is 5.32 Å². The molecule has 0 atom stereocenters. The second-order valence-electron chi connectivity index (χ2n) is 6.03. The molecule has 0 unspecified atom stereocenters. The van der Waals surface area contributed by atoms with Crippen molar-refractivity contribution in [1.29, 1.82) is 0 Å². The number of nitrogens with one attached hydrogen (secondary N) is 1. The summed E-state index contributed by atoms with van der Waals surface area (Å²) in [6, 6.07) is 15.7. The van der Waals surface area contributed by atoms with E-state index in [1.807, 2.05) is 41.1 Å². The van der Waals surface area contributed by atoms with Gasteiger partial charge in [-0.25, -0.2) is 9.37 Å². The molecule has 0 aliphatic heterocycles. The molecule has 1 amide bonds. The van der Waals surface area contributed by atoms with Crippen LogP contribution in [-0.4, -0.2) is 15.5 Å². The van der Waals surface area contributed by atoms with E-state index in [9.17, 15) is 9.18 Å². The molecule has 0 fully saturated rings. The zero-order chi connectivity index (χ0) is 18.1. The summed E-state index contributed by atoms with van der Waals surface area (Å²) in [7, 11) is 0. The molecule has 4 aromatic rings. The van der Waals surface area contributed by atoms with Gasteiger partial charge in [-0.15, -0.1) is 11.3 Å². The molecule has 0 bridgehead atoms. The molecule has 4 rings (SSSR count). The highest BCUT2D eigenvalue weighted by molar-refractivity contribution is 7.17. The normalized spacial score (nSPS) is 11.0. The van der Waals surface area contributed by atoms with Crippen molar-refractivity contribution in [3.8, 4) is 0 Å². The van der Waals surface area contributed by atoms with Gasteiger partial charge in [-0.2, -0.15) is 0 Å². The van der Waals surface area contributed by atoms with Gasteiger partial charge >= 0.3 is 0 Å². The topological polar surface area (TPSA) is 46.9 Å². The molecule has 6 heteroatoms. The monoisotopic (exact) mass is 365 g/mol. The van der Waals surface area contributed by atoms with Gasteiger partial charge in [0.15, 0.2) is 0 Å². The fourth-order valence-corrected chi connectivity index (χ4v) is 3.72. The van der Waals surface area contributed by atoms with Crippen LogP contribution in [0.3, 0.4) is 0 Å². The van der Waals surface area contributed by atoms with Crippen LogP contribution in [0, 0.1) is 12.7 Å². The molecule has 1 N–H and O–H groups in total. The summed E-state index contributed by atoms with van der Waals surface area (Å²) in [5, 5.41) is 4.85. The Labute approximate surface area is 153 Å². The van der Waals surface area contributed by atoms with Gasteiger partial charge < -0.3 is 9.88 Å². The molecule has 4 nitrogen and oxygen atoms in total. The van der Waals surface area contributed by atoms with Crippen LogP contribution in [0.2, 0.25) is 0 Å². The van der Waals surface area contributed by atoms with Crippen LogP contribution in [0.4, 0.5) is 10.2 Å². The molecule has 0 spiro atoms. The number of carbonyl (C=O) groups excluding carboxylic acids is 1. The zero-order valence-electron chi connectivity index (χ0n) is 14.1. The van der Waals surface area contributed by atoms with Crippen molar-refractivity contribution in [2.75, 3.05) is 5.32 Å². The van der Waals surface area contributed by atoms with Crippen molar-refractivity contribution >= 4 is 33.3 Å². The smallest absolute Gasteiger partial charge is 0.273 e. The number of thiophene rings is 1. The summed E-state index contributed by atoms with van der Waals surface area (Å²) < 4.78 is 16.2. The number of nitrogens with zero attached hydrogens (tertiary/aromatic N) is 2. The van der Waals surface area contributed by atoms with Crippen molar-refractivity contribution in [2.24, 2.45) is 0 Å². The number of anilines is 1. The first-order valence-electron chi connectivity index (χ1n) is 8.16. The predicted octanol–water partition coefficient (Wildman–Crippen LogP) is 4.85. The number of aromatic nitrogens is 2. The molecule has 3 heterocycles. The molecular formula is C20H16FN3OS. The number of pyridine rings is 1. The van der Waals surface area contributed by atoms with Crippen LogP contribution in [0.25, 0.3) is 10.2 Å². The second kappa shape index (κ2) is 6.72. The van der Waals surface area contributed by atoms with Gasteiger partial charge in [-0.05, 0) is 54.3 Å². The molecular weight excluding hydrogens is 349 g/mol. The highest BCUT2D eigenvalue weighted by atomic mass is 32.1. The van der Waals surface area contributed by atoms with Crippen molar-refractivity contribution in [2.45, 2.75) is 13.5 Å². The minimum absolute atomic E-state index is 0.214. The van der Waals surface area contributed by atoms with E-state index in [0.29, 0.717) is 18.1 Å². The second-order valence-corrected chi connectivity index (χ2v) is 6.98. The van der Waals surface area contributed by atoms with E-state index in [2.05, 4.69) is 10.3 Å². The number of hydrogen-bond donors (Lipinski definition) is 1. The number of rotatable bonds is 4. The molecule has 0 aliphatic carbocycles. The summed E-state index contributed by atoms with van der Waals surface area (Å²) in [6.45, 7) is 2.37. The summed E-state index contributed by atoms with van der Waals surface area (Å²) in [6.07, 6.45) is 0. The average Bonchev–Trinajstić information content (AvgIpc) is 3.19. The average molecular weight is 365 g/mol. The SMILES string of the molecule is Cc1cccc(NC(=O)c2cc3sccc3n2Cc2ccc(F)cc2)n1. The number of benzene rings is 1. The third-order valence-electron chi connectivity index (χ3n) is 4.14. The molecule has 26 heavy (non-hydrogen) atoms. The van der Waals surface area contributed by atoms with E-state index in [1.54, 1.807) is 29.5 Å². The fraction of sp³-hybridized carbons (Fsp3) is 0.100. The number of hydrogen-bond acceptors (Lipinski definition) is 3. The molecule has 1 aromatic carbocycles.